The first-order valence-corrected chi connectivity index (χ1v) is 8.52. The van der Waals surface area contributed by atoms with Crippen molar-refractivity contribution < 1.29 is 23.1 Å². The van der Waals surface area contributed by atoms with Crippen LogP contribution < -0.4 is 4.80 Å². The molecule has 0 bridgehead atoms. The number of nitrogens with zero attached hydrogens (tertiary/aromatic N) is 2. The van der Waals surface area contributed by atoms with Crippen LogP contribution in [0.25, 0.3) is 10.2 Å². The number of halogens is 2. The minimum atomic E-state index is -0.700. The molecule has 0 atom stereocenters. The van der Waals surface area contributed by atoms with Gasteiger partial charge in [0.25, 0.3) is 5.91 Å². The molecule has 1 heterocycles. The molecule has 5 nitrogen and oxygen atoms in total. The van der Waals surface area contributed by atoms with Crippen LogP contribution in [0.15, 0.2) is 41.4 Å². The van der Waals surface area contributed by atoms with Gasteiger partial charge in [-0.05, 0) is 37.3 Å². The van der Waals surface area contributed by atoms with Gasteiger partial charge in [-0.1, -0.05) is 11.3 Å². The first-order valence-electron chi connectivity index (χ1n) is 7.70. The lowest BCUT2D eigenvalue weighted by Gasteiger charge is -2.02. The summed E-state index contributed by atoms with van der Waals surface area (Å²) in [5.74, 6) is -2.44. The van der Waals surface area contributed by atoms with E-state index in [0.717, 1.165) is 17.4 Å². The van der Waals surface area contributed by atoms with Crippen LogP contribution >= 0.6 is 11.3 Å². The highest BCUT2D eigenvalue weighted by atomic mass is 32.1. The number of aryl methyl sites for hydroxylation is 1. The molecule has 134 valence electrons. The number of aromatic nitrogens is 1. The molecule has 1 aromatic heterocycles. The number of hydrogen-bond donors (Lipinski definition) is 0. The summed E-state index contributed by atoms with van der Waals surface area (Å²) in [6.45, 7) is 2.15. The predicted octanol–water partition coefficient (Wildman–Crippen LogP) is 3.53. The van der Waals surface area contributed by atoms with Crippen LogP contribution in [-0.4, -0.2) is 23.6 Å². The third-order valence-electron chi connectivity index (χ3n) is 3.76. The van der Waals surface area contributed by atoms with E-state index < -0.39 is 23.5 Å². The summed E-state index contributed by atoms with van der Waals surface area (Å²) in [6.07, 6.45) is 0. The van der Waals surface area contributed by atoms with Crippen molar-refractivity contribution in [2.24, 2.45) is 4.99 Å². The van der Waals surface area contributed by atoms with E-state index in [1.807, 2.05) is 0 Å². The van der Waals surface area contributed by atoms with E-state index in [2.05, 4.69) is 9.73 Å². The summed E-state index contributed by atoms with van der Waals surface area (Å²) in [5.41, 5.74) is 0.794. The molecular weight excluding hydrogens is 362 g/mol. The Morgan fingerprint density at radius 2 is 1.81 bits per heavy atom. The zero-order valence-corrected chi connectivity index (χ0v) is 14.8. The smallest absolute Gasteiger partial charge is 0.337 e. The normalized spacial score (nSPS) is 11.8. The highest BCUT2D eigenvalue weighted by Crippen LogP contribution is 2.22. The van der Waals surface area contributed by atoms with E-state index >= 15 is 0 Å². The average Bonchev–Trinajstić information content (AvgIpc) is 2.98. The molecule has 0 N–H and O–H groups in total. The molecule has 3 rings (SSSR count). The van der Waals surface area contributed by atoms with Crippen LogP contribution in [-0.2, 0) is 11.3 Å². The summed E-state index contributed by atoms with van der Waals surface area (Å²) in [5, 5.41) is 0. The molecule has 0 radical (unpaired) electrons. The fourth-order valence-electron chi connectivity index (χ4n) is 2.53. The van der Waals surface area contributed by atoms with Crippen molar-refractivity contribution in [1.82, 2.24) is 4.57 Å². The quantitative estimate of drug-likeness (QED) is 0.657. The van der Waals surface area contributed by atoms with E-state index in [-0.39, 0.29) is 15.9 Å². The van der Waals surface area contributed by atoms with Gasteiger partial charge in [-0.15, -0.1) is 0 Å². The van der Waals surface area contributed by atoms with Crippen molar-refractivity contribution in [1.29, 1.82) is 0 Å². The van der Waals surface area contributed by atoms with Crippen molar-refractivity contribution in [3.63, 3.8) is 0 Å². The Morgan fingerprint density at radius 3 is 2.42 bits per heavy atom. The van der Waals surface area contributed by atoms with Crippen LogP contribution in [0.4, 0.5) is 8.78 Å². The third-order valence-corrected chi connectivity index (χ3v) is 4.79. The number of hydrogen-bond acceptors (Lipinski definition) is 4. The van der Waals surface area contributed by atoms with Crippen LogP contribution in [0.2, 0.25) is 0 Å². The monoisotopic (exact) mass is 376 g/mol. The van der Waals surface area contributed by atoms with Crippen molar-refractivity contribution in [2.45, 2.75) is 13.5 Å². The average molecular weight is 376 g/mol. The number of ether oxygens (including phenoxy) is 1. The molecule has 0 fully saturated rings. The van der Waals surface area contributed by atoms with Crippen molar-refractivity contribution in [3.05, 3.63) is 64.0 Å². The van der Waals surface area contributed by atoms with Crippen molar-refractivity contribution in [2.75, 3.05) is 7.11 Å². The number of esters is 1. The van der Waals surface area contributed by atoms with Gasteiger partial charge in [0.2, 0.25) is 0 Å². The number of rotatable bonds is 3. The number of carbonyl (C=O) groups excluding carboxylic acids is 2. The lowest BCUT2D eigenvalue weighted by molar-refractivity contribution is 0.0600. The number of thiazole rings is 1. The number of benzene rings is 2. The zero-order valence-electron chi connectivity index (χ0n) is 14.0. The van der Waals surface area contributed by atoms with Gasteiger partial charge < -0.3 is 9.30 Å². The maximum Gasteiger partial charge on any atom is 0.337 e. The van der Waals surface area contributed by atoms with Gasteiger partial charge in [0.05, 0.1) is 22.9 Å². The second kappa shape index (κ2) is 7.17. The summed E-state index contributed by atoms with van der Waals surface area (Å²) >= 11 is 1.03. The lowest BCUT2D eigenvalue weighted by Crippen LogP contribution is -2.16. The van der Waals surface area contributed by atoms with E-state index in [0.29, 0.717) is 16.8 Å². The molecule has 0 saturated heterocycles. The Hall–Kier alpha value is -2.87. The van der Waals surface area contributed by atoms with Crippen LogP contribution in [0, 0.1) is 11.6 Å². The van der Waals surface area contributed by atoms with E-state index in [1.165, 1.54) is 42.0 Å². The molecule has 3 aromatic rings. The van der Waals surface area contributed by atoms with Gasteiger partial charge >= 0.3 is 5.97 Å². The Labute approximate surface area is 151 Å². The molecular formula is C18H14F2N2O3S. The molecule has 0 spiro atoms. The number of amides is 1. The molecule has 26 heavy (non-hydrogen) atoms. The lowest BCUT2D eigenvalue weighted by atomic mass is 10.1. The summed E-state index contributed by atoms with van der Waals surface area (Å²) in [6, 6.07) is 7.86. The minimum absolute atomic E-state index is 0.214. The zero-order chi connectivity index (χ0) is 18.8. The largest absolute Gasteiger partial charge is 0.465 e. The summed E-state index contributed by atoms with van der Waals surface area (Å²) < 4.78 is 34.0. The molecule has 0 unspecified atom stereocenters. The molecule has 0 aliphatic carbocycles. The highest BCUT2D eigenvalue weighted by molar-refractivity contribution is 7.16. The fourth-order valence-corrected chi connectivity index (χ4v) is 3.66. The Balaban J connectivity index is 2.05. The van der Waals surface area contributed by atoms with Gasteiger partial charge in [-0.25, -0.2) is 13.6 Å². The highest BCUT2D eigenvalue weighted by Gasteiger charge is 2.14. The Bertz CT molecular complexity index is 1070. The third kappa shape index (κ3) is 3.28. The molecule has 1 amide bonds. The van der Waals surface area contributed by atoms with Gasteiger partial charge in [-0.3, -0.25) is 4.79 Å². The molecule has 0 aliphatic rings. The minimum Gasteiger partial charge on any atom is -0.465 e. The SMILES string of the molecule is CCn1c(=NC(=O)c2ccc(C(=O)OC)cc2)sc2cc(F)cc(F)c21. The second-order valence-corrected chi connectivity index (χ2v) is 6.36. The standard InChI is InChI=1S/C18H14F2N2O3S/c1-3-22-15-13(20)8-12(19)9-14(15)26-18(22)21-16(23)10-4-6-11(7-5-10)17(24)25-2/h4-9H,3H2,1-2H3. The van der Waals surface area contributed by atoms with Gasteiger partial charge in [0, 0.05) is 18.2 Å². The van der Waals surface area contributed by atoms with Crippen LogP contribution in [0.1, 0.15) is 27.6 Å². The topological polar surface area (TPSA) is 60.7 Å². The molecule has 0 aliphatic heterocycles. The molecule has 8 heteroatoms. The molecule has 2 aromatic carbocycles. The number of carbonyl (C=O) groups is 2. The summed E-state index contributed by atoms with van der Waals surface area (Å²) in [7, 11) is 1.27. The first kappa shape index (κ1) is 17.9. The van der Waals surface area contributed by atoms with Crippen molar-refractivity contribution >= 4 is 33.4 Å². The van der Waals surface area contributed by atoms with E-state index in [9.17, 15) is 18.4 Å². The van der Waals surface area contributed by atoms with Crippen molar-refractivity contribution in [3.8, 4) is 0 Å². The first-order chi connectivity index (χ1) is 12.4. The Kier molecular flexibility index (Phi) is 4.94. The second-order valence-electron chi connectivity index (χ2n) is 5.35. The molecule has 0 saturated carbocycles. The predicted molar refractivity (Wildman–Crippen MR) is 93.1 cm³/mol. The van der Waals surface area contributed by atoms with E-state index in [1.54, 1.807) is 6.92 Å². The number of fused-ring (bicyclic) bond motifs is 1. The maximum atomic E-state index is 14.1. The van der Waals surface area contributed by atoms with Crippen LogP contribution in [0.5, 0.6) is 0 Å². The van der Waals surface area contributed by atoms with Gasteiger partial charge in [-0.2, -0.15) is 4.99 Å². The maximum absolute atomic E-state index is 14.1. The summed E-state index contributed by atoms with van der Waals surface area (Å²) in [4.78, 5) is 28.1. The van der Waals surface area contributed by atoms with E-state index in [4.69, 9.17) is 0 Å². The van der Waals surface area contributed by atoms with Gasteiger partial charge in [0.1, 0.15) is 5.82 Å². The fraction of sp³-hybridized carbons (Fsp3) is 0.167. The number of methoxy groups -OCH3 is 1. The Morgan fingerprint density at radius 1 is 1.15 bits per heavy atom. The van der Waals surface area contributed by atoms with Crippen LogP contribution in [0.3, 0.4) is 0 Å². The van der Waals surface area contributed by atoms with Gasteiger partial charge in [0.15, 0.2) is 10.6 Å².